The fraction of sp³-hybridized carbons (Fsp3) is 0.0833. The van der Waals surface area contributed by atoms with E-state index in [1.165, 1.54) is 19.2 Å². The van der Waals surface area contributed by atoms with Gasteiger partial charge < -0.3 is 10.5 Å². The van der Waals surface area contributed by atoms with Gasteiger partial charge in [0.2, 0.25) is 0 Å². The topological polar surface area (TPSA) is 91.3 Å². The highest BCUT2D eigenvalue weighted by Gasteiger charge is 2.14. The fourth-order valence-corrected chi connectivity index (χ4v) is 1.83. The van der Waals surface area contributed by atoms with Crippen LogP contribution in [-0.2, 0) is 0 Å². The van der Waals surface area contributed by atoms with Crippen LogP contribution in [0.4, 0.5) is 11.5 Å². The molecule has 0 amide bonds. The van der Waals surface area contributed by atoms with Crippen molar-refractivity contribution in [2.24, 2.45) is 0 Å². The Bertz CT molecular complexity index is 646. The molecule has 0 atom stereocenters. The molecule has 0 fully saturated rings. The van der Waals surface area contributed by atoms with Crippen LogP contribution in [0.3, 0.4) is 0 Å². The van der Waals surface area contributed by atoms with E-state index in [-0.39, 0.29) is 11.5 Å². The van der Waals surface area contributed by atoms with Crippen molar-refractivity contribution in [1.82, 2.24) is 4.98 Å². The molecule has 0 unspecified atom stereocenters. The van der Waals surface area contributed by atoms with Gasteiger partial charge in [0.15, 0.2) is 0 Å². The van der Waals surface area contributed by atoms with E-state index >= 15 is 0 Å². The normalized spacial score (nSPS) is 10.2. The second-order valence-electron chi connectivity index (χ2n) is 3.74. The number of pyridine rings is 1. The summed E-state index contributed by atoms with van der Waals surface area (Å²) in [6, 6.07) is 7.45. The minimum absolute atomic E-state index is 0.0613. The van der Waals surface area contributed by atoms with E-state index in [4.69, 9.17) is 22.1 Å². The summed E-state index contributed by atoms with van der Waals surface area (Å²) in [4.78, 5) is 14.4. The van der Waals surface area contributed by atoms with E-state index in [0.29, 0.717) is 22.0 Å². The zero-order chi connectivity index (χ0) is 14.0. The van der Waals surface area contributed by atoms with Crippen LogP contribution >= 0.6 is 11.6 Å². The monoisotopic (exact) mass is 279 g/mol. The maximum atomic E-state index is 10.8. The van der Waals surface area contributed by atoms with Crippen molar-refractivity contribution in [2.45, 2.75) is 0 Å². The van der Waals surface area contributed by atoms with E-state index in [0.717, 1.165) is 0 Å². The number of hydrogen-bond acceptors (Lipinski definition) is 5. The highest BCUT2D eigenvalue weighted by atomic mass is 35.5. The van der Waals surface area contributed by atoms with Gasteiger partial charge in [-0.15, -0.1) is 0 Å². The van der Waals surface area contributed by atoms with Crippen LogP contribution in [-0.4, -0.2) is 17.0 Å². The largest absolute Gasteiger partial charge is 0.496 e. The van der Waals surface area contributed by atoms with Crippen LogP contribution in [0, 0.1) is 10.1 Å². The molecule has 0 aliphatic carbocycles. The molecule has 6 nitrogen and oxygen atoms in total. The number of nitrogens with zero attached hydrogens (tertiary/aromatic N) is 2. The predicted molar refractivity (Wildman–Crippen MR) is 72.3 cm³/mol. The number of nitrogen functional groups attached to an aromatic ring is 1. The molecule has 1 aromatic carbocycles. The summed E-state index contributed by atoms with van der Waals surface area (Å²) in [5.41, 5.74) is 6.33. The van der Waals surface area contributed by atoms with E-state index < -0.39 is 4.92 Å². The van der Waals surface area contributed by atoms with Crippen molar-refractivity contribution in [3.8, 4) is 17.0 Å². The molecule has 0 aliphatic rings. The Balaban J connectivity index is 2.64. The summed E-state index contributed by atoms with van der Waals surface area (Å²) < 4.78 is 5.19. The van der Waals surface area contributed by atoms with E-state index in [1.807, 2.05) is 0 Å². The molecule has 98 valence electrons. The van der Waals surface area contributed by atoms with Gasteiger partial charge in [-0.25, -0.2) is 4.98 Å². The first-order valence-electron chi connectivity index (χ1n) is 5.27. The predicted octanol–water partition coefficient (Wildman–Crippen LogP) is 2.90. The van der Waals surface area contributed by atoms with Gasteiger partial charge in [0.05, 0.1) is 23.8 Å². The van der Waals surface area contributed by atoms with Crippen LogP contribution in [0.5, 0.6) is 5.75 Å². The number of halogens is 1. The molecule has 2 N–H and O–H groups in total. The highest BCUT2D eigenvalue weighted by Crippen LogP contribution is 2.33. The summed E-state index contributed by atoms with van der Waals surface area (Å²) in [6.45, 7) is 0. The fourth-order valence-electron chi connectivity index (χ4n) is 1.66. The molecule has 0 bridgehead atoms. The Morgan fingerprint density at radius 2 is 2.11 bits per heavy atom. The van der Waals surface area contributed by atoms with Gasteiger partial charge in [-0.2, -0.15) is 0 Å². The van der Waals surface area contributed by atoms with E-state index in [9.17, 15) is 10.1 Å². The second kappa shape index (κ2) is 5.11. The van der Waals surface area contributed by atoms with Crippen molar-refractivity contribution in [3.63, 3.8) is 0 Å². The van der Waals surface area contributed by atoms with Crippen LogP contribution in [0.2, 0.25) is 5.02 Å². The van der Waals surface area contributed by atoms with Crippen LogP contribution in [0.15, 0.2) is 30.3 Å². The third-order valence-corrected chi connectivity index (χ3v) is 2.71. The average molecular weight is 280 g/mol. The lowest BCUT2D eigenvalue weighted by Crippen LogP contribution is -1.98. The maximum absolute atomic E-state index is 10.8. The highest BCUT2D eigenvalue weighted by molar-refractivity contribution is 6.30. The van der Waals surface area contributed by atoms with Crippen molar-refractivity contribution >= 4 is 23.1 Å². The van der Waals surface area contributed by atoms with Gasteiger partial charge in [-0.3, -0.25) is 10.1 Å². The van der Waals surface area contributed by atoms with Gasteiger partial charge in [-0.1, -0.05) is 11.6 Å². The van der Waals surface area contributed by atoms with Gasteiger partial charge in [0, 0.05) is 16.7 Å². The second-order valence-corrected chi connectivity index (χ2v) is 4.17. The number of hydrogen-bond donors (Lipinski definition) is 1. The summed E-state index contributed by atoms with van der Waals surface area (Å²) in [6.07, 6.45) is 0. The molecule has 7 heteroatoms. The van der Waals surface area contributed by atoms with Crippen molar-refractivity contribution in [2.75, 3.05) is 12.8 Å². The third-order valence-electron chi connectivity index (χ3n) is 2.48. The van der Waals surface area contributed by atoms with Crippen LogP contribution < -0.4 is 10.5 Å². The number of benzene rings is 1. The Kier molecular flexibility index (Phi) is 3.52. The number of anilines is 1. The van der Waals surface area contributed by atoms with Crippen molar-refractivity contribution in [1.29, 1.82) is 0 Å². The smallest absolute Gasteiger partial charge is 0.275 e. The van der Waals surface area contributed by atoms with E-state index in [2.05, 4.69) is 4.98 Å². The SMILES string of the molecule is COc1ccc(Cl)cc1-c1cc([N+](=O)[O-])cc(N)n1. The Labute approximate surface area is 113 Å². The van der Waals surface area contributed by atoms with Crippen LogP contribution in [0.25, 0.3) is 11.3 Å². The molecule has 1 heterocycles. The van der Waals surface area contributed by atoms with Crippen LogP contribution in [0.1, 0.15) is 0 Å². The number of rotatable bonds is 3. The molecular formula is C12H10ClN3O3. The molecule has 0 saturated heterocycles. The first kappa shape index (κ1) is 13.1. The molecule has 1 aromatic heterocycles. The van der Waals surface area contributed by atoms with Gasteiger partial charge >= 0.3 is 0 Å². The molecule has 0 spiro atoms. The third kappa shape index (κ3) is 2.74. The molecule has 0 aliphatic heterocycles. The van der Waals surface area contributed by atoms with Gasteiger partial charge in [0.1, 0.15) is 11.6 Å². The summed E-state index contributed by atoms with van der Waals surface area (Å²) in [5.74, 6) is 0.572. The van der Waals surface area contributed by atoms with Crippen molar-refractivity contribution < 1.29 is 9.66 Å². The number of nitrogens with two attached hydrogens (primary N) is 1. The number of methoxy groups -OCH3 is 1. The number of aromatic nitrogens is 1. The minimum Gasteiger partial charge on any atom is -0.496 e. The average Bonchev–Trinajstić information content (AvgIpc) is 2.37. The first-order chi connectivity index (χ1) is 9.01. The lowest BCUT2D eigenvalue weighted by atomic mass is 10.1. The molecule has 0 saturated carbocycles. The molecule has 0 radical (unpaired) electrons. The lowest BCUT2D eigenvalue weighted by Gasteiger charge is -2.08. The zero-order valence-electron chi connectivity index (χ0n) is 9.96. The molecular weight excluding hydrogens is 270 g/mol. The van der Waals surface area contributed by atoms with Crippen molar-refractivity contribution in [3.05, 3.63) is 45.5 Å². The summed E-state index contributed by atoms with van der Waals surface area (Å²) in [5, 5.41) is 11.3. The molecule has 2 aromatic rings. The Morgan fingerprint density at radius 3 is 2.74 bits per heavy atom. The lowest BCUT2D eigenvalue weighted by molar-refractivity contribution is -0.384. The Hall–Kier alpha value is -2.34. The number of nitro groups is 1. The summed E-state index contributed by atoms with van der Waals surface area (Å²) >= 11 is 5.92. The number of ether oxygens (including phenoxy) is 1. The molecule has 19 heavy (non-hydrogen) atoms. The quantitative estimate of drug-likeness (QED) is 0.689. The standard InChI is InChI=1S/C12H10ClN3O3/c1-19-11-3-2-7(13)4-9(11)10-5-8(16(17)18)6-12(14)15-10/h2-6H,1H3,(H2,14,15). The molecule has 2 rings (SSSR count). The summed E-state index contributed by atoms with van der Waals surface area (Å²) in [7, 11) is 1.49. The zero-order valence-corrected chi connectivity index (χ0v) is 10.7. The maximum Gasteiger partial charge on any atom is 0.275 e. The first-order valence-corrected chi connectivity index (χ1v) is 5.65. The van der Waals surface area contributed by atoms with Gasteiger partial charge in [0.25, 0.3) is 5.69 Å². The minimum atomic E-state index is -0.529. The Morgan fingerprint density at radius 1 is 1.37 bits per heavy atom. The van der Waals surface area contributed by atoms with E-state index in [1.54, 1.807) is 18.2 Å². The van der Waals surface area contributed by atoms with Gasteiger partial charge in [-0.05, 0) is 18.2 Å².